The van der Waals surface area contributed by atoms with Gasteiger partial charge in [-0.1, -0.05) is 86.2 Å². The molecule has 0 fully saturated rings. The van der Waals surface area contributed by atoms with E-state index in [2.05, 4.69) is 31.2 Å². The summed E-state index contributed by atoms with van der Waals surface area (Å²) >= 11 is 0. The molecular formula is C24H23F. The van der Waals surface area contributed by atoms with Gasteiger partial charge in [0.2, 0.25) is 0 Å². The van der Waals surface area contributed by atoms with E-state index in [1.54, 1.807) is 6.07 Å². The fourth-order valence-electron chi connectivity index (χ4n) is 3.05. The van der Waals surface area contributed by atoms with Crippen LogP contribution in [-0.4, -0.2) is 0 Å². The van der Waals surface area contributed by atoms with Gasteiger partial charge in [-0.25, -0.2) is 4.39 Å². The molecule has 0 unspecified atom stereocenters. The zero-order valence-corrected chi connectivity index (χ0v) is 14.8. The molecule has 0 bridgehead atoms. The van der Waals surface area contributed by atoms with E-state index in [4.69, 9.17) is 0 Å². The van der Waals surface area contributed by atoms with E-state index in [9.17, 15) is 4.39 Å². The van der Waals surface area contributed by atoms with E-state index in [1.807, 2.05) is 55.5 Å². The molecule has 1 heteroatoms. The number of allylic oxidation sites excluding steroid dienone is 1. The summed E-state index contributed by atoms with van der Waals surface area (Å²) < 4.78 is 14.7. The second-order valence-electron chi connectivity index (χ2n) is 6.26. The molecule has 0 amide bonds. The molecule has 0 aliphatic heterocycles. The van der Waals surface area contributed by atoms with Crippen molar-refractivity contribution in [2.24, 2.45) is 0 Å². The Morgan fingerprint density at radius 2 is 1.44 bits per heavy atom. The second-order valence-corrected chi connectivity index (χ2v) is 6.26. The van der Waals surface area contributed by atoms with Gasteiger partial charge in [-0.2, -0.15) is 0 Å². The molecule has 0 aliphatic carbocycles. The van der Waals surface area contributed by atoms with Crippen LogP contribution < -0.4 is 0 Å². The Labute approximate surface area is 149 Å². The van der Waals surface area contributed by atoms with Crippen LogP contribution in [0, 0.1) is 5.82 Å². The SMILES string of the molecule is C/C=C/c1ccc(-c2ccc(-c3ccc(CCC)cc3)cc2F)cc1. The first-order valence-corrected chi connectivity index (χ1v) is 8.83. The van der Waals surface area contributed by atoms with Crippen LogP contribution in [0.25, 0.3) is 28.3 Å². The Morgan fingerprint density at radius 1 is 0.800 bits per heavy atom. The largest absolute Gasteiger partial charge is 0.206 e. The number of hydrogen-bond acceptors (Lipinski definition) is 0. The number of hydrogen-bond donors (Lipinski definition) is 0. The maximum atomic E-state index is 14.7. The first-order chi connectivity index (χ1) is 12.2. The van der Waals surface area contributed by atoms with Crippen LogP contribution in [0.1, 0.15) is 31.4 Å². The van der Waals surface area contributed by atoms with Gasteiger partial charge in [0.15, 0.2) is 0 Å². The highest BCUT2D eigenvalue weighted by atomic mass is 19.1. The van der Waals surface area contributed by atoms with Crippen molar-refractivity contribution >= 4 is 6.08 Å². The van der Waals surface area contributed by atoms with Gasteiger partial charge in [-0.3, -0.25) is 0 Å². The van der Waals surface area contributed by atoms with E-state index < -0.39 is 0 Å². The van der Waals surface area contributed by atoms with Crippen molar-refractivity contribution in [1.29, 1.82) is 0 Å². The smallest absolute Gasteiger partial charge is 0.131 e. The summed E-state index contributed by atoms with van der Waals surface area (Å²) in [5.41, 5.74) is 5.94. The molecule has 3 aromatic rings. The Hall–Kier alpha value is -2.67. The fraction of sp³-hybridized carbons (Fsp3) is 0.167. The van der Waals surface area contributed by atoms with E-state index in [0.29, 0.717) is 5.56 Å². The zero-order valence-electron chi connectivity index (χ0n) is 14.8. The van der Waals surface area contributed by atoms with Crippen LogP contribution in [0.5, 0.6) is 0 Å². The van der Waals surface area contributed by atoms with Crippen LogP contribution in [-0.2, 0) is 6.42 Å². The van der Waals surface area contributed by atoms with E-state index in [0.717, 1.165) is 35.1 Å². The Kier molecular flexibility index (Phi) is 5.45. The molecule has 0 heterocycles. The molecule has 0 atom stereocenters. The van der Waals surface area contributed by atoms with E-state index in [-0.39, 0.29) is 5.82 Å². The lowest BCUT2D eigenvalue weighted by atomic mass is 9.98. The average Bonchev–Trinajstić information content (AvgIpc) is 2.64. The van der Waals surface area contributed by atoms with Gasteiger partial charge < -0.3 is 0 Å². The van der Waals surface area contributed by atoms with Gasteiger partial charge in [0.25, 0.3) is 0 Å². The van der Waals surface area contributed by atoms with Crippen molar-refractivity contribution in [3.05, 3.63) is 89.8 Å². The monoisotopic (exact) mass is 330 g/mol. The van der Waals surface area contributed by atoms with Gasteiger partial charge in [-0.15, -0.1) is 0 Å². The van der Waals surface area contributed by atoms with Crippen LogP contribution in [0.2, 0.25) is 0 Å². The Morgan fingerprint density at radius 3 is 2.04 bits per heavy atom. The maximum absolute atomic E-state index is 14.7. The predicted octanol–water partition coefficient (Wildman–Crippen LogP) is 7.15. The molecule has 3 rings (SSSR count). The molecule has 0 saturated heterocycles. The lowest BCUT2D eigenvalue weighted by Crippen LogP contribution is -1.88. The van der Waals surface area contributed by atoms with Crippen LogP contribution in [0.3, 0.4) is 0 Å². The van der Waals surface area contributed by atoms with Crippen molar-refractivity contribution < 1.29 is 4.39 Å². The summed E-state index contributed by atoms with van der Waals surface area (Å²) in [5, 5.41) is 0. The van der Waals surface area contributed by atoms with Gasteiger partial charge in [-0.05, 0) is 47.2 Å². The Bertz CT molecular complexity index is 856. The van der Waals surface area contributed by atoms with Crippen molar-refractivity contribution in [3.8, 4) is 22.3 Å². The van der Waals surface area contributed by atoms with Gasteiger partial charge >= 0.3 is 0 Å². The molecular weight excluding hydrogens is 307 g/mol. The molecule has 0 aromatic heterocycles. The highest BCUT2D eigenvalue weighted by Gasteiger charge is 2.07. The molecule has 0 saturated carbocycles. The normalized spacial score (nSPS) is 11.2. The van der Waals surface area contributed by atoms with Crippen molar-refractivity contribution in [1.82, 2.24) is 0 Å². The molecule has 3 aromatic carbocycles. The zero-order chi connectivity index (χ0) is 17.6. The van der Waals surface area contributed by atoms with Gasteiger partial charge in [0.05, 0.1) is 0 Å². The van der Waals surface area contributed by atoms with Crippen LogP contribution >= 0.6 is 0 Å². The third-order valence-corrected chi connectivity index (χ3v) is 4.38. The number of halogens is 1. The number of rotatable bonds is 5. The summed E-state index contributed by atoms with van der Waals surface area (Å²) in [5.74, 6) is -0.186. The molecule has 0 aliphatic rings. The lowest BCUT2D eigenvalue weighted by molar-refractivity contribution is 0.632. The molecule has 126 valence electrons. The molecule has 0 radical (unpaired) electrons. The molecule has 0 N–H and O–H groups in total. The summed E-state index contributed by atoms with van der Waals surface area (Å²) in [4.78, 5) is 0. The Balaban J connectivity index is 1.87. The first kappa shape index (κ1) is 17.2. The minimum atomic E-state index is -0.186. The summed E-state index contributed by atoms with van der Waals surface area (Å²) in [7, 11) is 0. The number of benzene rings is 3. The van der Waals surface area contributed by atoms with Crippen molar-refractivity contribution in [2.45, 2.75) is 26.7 Å². The molecule has 0 nitrogen and oxygen atoms in total. The van der Waals surface area contributed by atoms with E-state index in [1.165, 1.54) is 5.56 Å². The van der Waals surface area contributed by atoms with Crippen molar-refractivity contribution in [3.63, 3.8) is 0 Å². The first-order valence-electron chi connectivity index (χ1n) is 8.83. The quantitative estimate of drug-likeness (QED) is 0.466. The van der Waals surface area contributed by atoms with Crippen LogP contribution in [0.4, 0.5) is 4.39 Å². The van der Waals surface area contributed by atoms with E-state index >= 15 is 0 Å². The highest BCUT2D eigenvalue weighted by molar-refractivity contribution is 5.72. The average molecular weight is 330 g/mol. The van der Waals surface area contributed by atoms with Gasteiger partial charge in [0, 0.05) is 5.56 Å². The fourth-order valence-corrected chi connectivity index (χ4v) is 3.05. The second kappa shape index (κ2) is 7.94. The summed E-state index contributed by atoms with van der Waals surface area (Å²) in [6.07, 6.45) is 6.24. The molecule has 25 heavy (non-hydrogen) atoms. The standard InChI is InChI=1S/C24H23F/c1-3-5-18-7-11-20(12-8-18)22-15-16-23(24(25)17-22)21-13-9-19(6-4-2)10-14-21/h4,6-17H,3,5H2,1-2H3/b6-4+. The summed E-state index contributed by atoms with van der Waals surface area (Å²) in [6.45, 7) is 4.16. The van der Waals surface area contributed by atoms with Gasteiger partial charge in [0.1, 0.15) is 5.82 Å². The highest BCUT2D eigenvalue weighted by Crippen LogP contribution is 2.28. The maximum Gasteiger partial charge on any atom is 0.131 e. The third-order valence-electron chi connectivity index (χ3n) is 4.38. The third kappa shape index (κ3) is 4.06. The predicted molar refractivity (Wildman–Crippen MR) is 106 cm³/mol. The lowest BCUT2D eigenvalue weighted by Gasteiger charge is -2.08. The van der Waals surface area contributed by atoms with Crippen LogP contribution in [0.15, 0.2) is 72.8 Å². The topological polar surface area (TPSA) is 0 Å². The van der Waals surface area contributed by atoms with Crippen molar-refractivity contribution in [2.75, 3.05) is 0 Å². The summed E-state index contributed by atoms with van der Waals surface area (Å²) in [6, 6.07) is 21.8. The minimum absolute atomic E-state index is 0.186. The molecule has 0 spiro atoms. The minimum Gasteiger partial charge on any atom is -0.206 e. The number of aryl methyl sites for hydroxylation is 1.